The number of hydrogen-bond donors (Lipinski definition) is 1. The Bertz CT molecular complexity index is 988. The molecule has 0 radical (unpaired) electrons. The number of aliphatic hydroxyl groups is 1. The van der Waals surface area contributed by atoms with Gasteiger partial charge in [-0.15, -0.1) is 0 Å². The van der Waals surface area contributed by atoms with Crippen molar-refractivity contribution in [3.63, 3.8) is 0 Å². The second-order valence-corrected chi connectivity index (χ2v) is 8.99. The fourth-order valence-electron chi connectivity index (χ4n) is 4.18. The van der Waals surface area contributed by atoms with Crippen LogP contribution in [0.3, 0.4) is 0 Å². The molecule has 0 amide bonds. The summed E-state index contributed by atoms with van der Waals surface area (Å²) in [6.07, 6.45) is 2.20. The first-order chi connectivity index (χ1) is 12.8. The lowest BCUT2D eigenvalue weighted by molar-refractivity contribution is -0.123. The van der Waals surface area contributed by atoms with Gasteiger partial charge in [-0.25, -0.2) is 21.6 Å². The van der Waals surface area contributed by atoms with Crippen LogP contribution in [0.1, 0.15) is 53.9 Å². The lowest BCUT2D eigenvalue weighted by Gasteiger charge is -2.32. The van der Waals surface area contributed by atoms with E-state index in [1.165, 1.54) is 6.20 Å². The molecule has 2 atom stereocenters. The minimum absolute atomic E-state index is 0.0974. The molecular weight excluding hydrogens is 381 g/mol. The van der Waals surface area contributed by atoms with Crippen LogP contribution in [0.5, 0.6) is 0 Å². The van der Waals surface area contributed by atoms with E-state index < -0.39 is 39.2 Å². The summed E-state index contributed by atoms with van der Waals surface area (Å²) in [5.74, 6) is -3.46. The number of nitrogens with zero attached hydrogens (tertiary/aromatic N) is 2. The summed E-state index contributed by atoms with van der Waals surface area (Å²) in [6.45, 7) is 0. The molecule has 5 nitrogen and oxygen atoms in total. The van der Waals surface area contributed by atoms with Crippen LogP contribution in [0, 0.1) is 0 Å². The maximum Gasteiger partial charge on any atom is 0.278 e. The summed E-state index contributed by atoms with van der Waals surface area (Å²) in [5.41, 5.74) is 1.74. The van der Waals surface area contributed by atoms with Gasteiger partial charge in [-0.3, -0.25) is 4.98 Å². The molecule has 1 unspecified atom stereocenters. The Balaban J connectivity index is 1.93. The minimum Gasteiger partial charge on any atom is -0.382 e. The van der Waals surface area contributed by atoms with Gasteiger partial charge in [0.25, 0.3) is 5.92 Å². The van der Waals surface area contributed by atoms with E-state index in [1.807, 2.05) is 12.1 Å². The summed E-state index contributed by atoms with van der Waals surface area (Å²) in [4.78, 5) is 3.86. The standard InChI is InChI=1S/C18H19F3N2O3S/c19-10-27(25,26)14-9-23(12-6-7-18(20,21)17(24)15(12)14)13-5-1-3-11-4-2-8-22-16(11)13/h2,4,8-9,13,17,24H,1,3,5-7,10H2/t13?,17-/m0/s1. The molecule has 27 heavy (non-hydrogen) atoms. The number of halogens is 3. The van der Waals surface area contributed by atoms with E-state index in [0.29, 0.717) is 12.1 Å². The molecule has 2 heterocycles. The highest BCUT2D eigenvalue weighted by Gasteiger charge is 2.48. The lowest BCUT2D eigenvalue weighted by atomic mass is 9.89. The number of aromatic nitrogens is 2. The fraction of sp³-hybridized carbons (Fsp3) is 0.500. The third kappa shape index (κ3) is 2.87. The Kier molecular flexibility index (Phi) is 4.34. The predicted molar refractivity (Wildman–Crippen MR) is 91.1 cm³/mol. The average Bonchev–Trinajstić information content (AvgIpc) is 3.05. The molecule has 146 valence electrons. The second-order valence-electron chi connectivity index (χ2n) is 7.10. The van der Waals surface area contributed by atoms with Gasteiger partial charge in [0.2, 0.25) is 9.84 Å². The van der Waals surface area contributed by atoms with Gasteiger partial charge in [0, 0.05) is 30.1 Å². The molecular formula is C18H19F3N2O3S. The molecule has 0 saturated heterocycles. The van der Waals surface area contributed by atoms with Gasteiger partial charge < -0.3 is 9.67 Å². The van der Waals surface area contributed by atoms with Gasteiger partial charge in [-0.2, -0.15) is 0 Å². The van der Waals surface area contributed by atoms with Gasteiger partial charge in [0.05, 0.1) is 16.6 Å². The smallest absolute Gasteiger partial charge is 0.278 e. The van der Waals surface area contributed by atoms with Crippen molar-refractivity contribution < 1.29 is 26.7 Å². The molecule has 0 fully saturated rings. The van der Waals surface area contributed by atoms with E-state index in [4.69, 9.17) is 0 Å². The number of alkyl halides is 3. The Hall–Kier alpha value is -1.87. The van der Waals surface area contributed by atoms with Gasteiger partial charge in [-0.05, 0) is 37.3 Å². The topological polar surface area (TPSA) is 72.2 Å². The van der Waals surface area contributed by atoms with Crippen LogP contribution >= 0.6 is 0 Å². The fourth-order valence-corrected chi connectivity index (χ4v) is 5.14. The van der Waals surface area contributed by atoms with Crippen LogP contribution in [0.2, 0.25) is 0 Å². The van der Waals surface area contributed by atoms with Crippen LogP contribution in [-0.2, 0) is 22.7 Å². The van der Waals surface area contributed by atoms with Crippen LogP contribution in [0.25, 0.3) is 0 Å². The maximum absolute atomic E-state index is 14.1. The zero-order valence-corrected chi connectivity index (χ0v) is 15.2. The summed E-state index contributed by atoms with van der Waals surface area (Å²) >= 11 is 0. The van der Waals surface area contributed by atoms with E-state index in [9.17, 15) is 26.7 Å². The first-order valence-corrected chi connectivity index (χ1v) is 10.4. The van der Waals surface area contributed by atoms with Gasteiger partial charge in [0.1, 0.15) is 6.10 Å². The molecule has 0 spiro atoms. The SMILES string of the molecule is O=S(=O)(CF)c1cn(C2CCCc3cccnc32)c2c1[C@H](O)C(F)(F)CC2. The third-order valence-corrected chi connectivity index (χ3v) is 6.78. The normalized spacial score (nSPS) is 24.3. The van der Waals surface area contributed by atoms with Crippen molar-refractivity contribution in [1.29, 1.82) is 0 Å². The molecule has 0 aliphatic heterocycles. The number of rotatable bonds is 3. The van der Waals surface area contributed by atoms with Gasteiger partial charge in [-0.1, -0.05) is 6.07 Å². The number of sulfone groups is 1. The first-order valence-electron chi connectivity index (χ1n) is 8.78. The molecule has 2 aliphatic carbocycles. The predicted octanol–water partition coefficient (Wildman–Crippen LogP) is 3.12. The lowest BCUT2D eigenvalue weighted by Crippen LogP contribution is -2.33. The zero-order valence-electron chi connectivity index (χ0n) is 14.4. The number of aryl methyl sites for hydroxylation is 1. The molecule has 1 N–H and O–H groups in total. The highest BCUT2D eigenvalue weighted by atomic mass is 32.2. The zero-order chi connectivity index (χ0) is 19.4. The Morgan fingerprint density at radius 3 is 2.85 bits per heavy atom. The van der Waals surface area contributed by atoms with E-state index in [0.717, 1.165) is 24.1 Å². The molecule has 0 bridgehead atoms. The number of fused-ring (bicyclic) bond motifs is 2. The van der Waals surface area contributed by atoms with Gasteiger partial charge >= 0.3 is 0 Å². The minimum atomic E-state index is -4.42. The molecule has 2 aromatic rings. The Morgan fingerprint density at radius 2 is 2.11 bits per heavy atom. The quantitative estimate of drug-likeness (QED) is 0.859. The number of pyridine rings is 1. The summed E-state index contributed by atoms with van der Waals surface area (Å²) in [7, 11) is -4.42. The highest BCUT2D eigenvalue weighted by molar-refractivity contribution is 7.91. The summed E-state index contributed by atoms with van der Waals surface area (Å²) in [5, 5.41) is 10.2. The molecule has 0 aromatic carbocycles. The van der Waals surface area contributed by atoms with E-state index in [-0.39, 0.29) is 18.0 Å². The monoisotopic (exact) mass is 400 g/mol. The van der Waals surface area contributed by atoms with Crippen LogP contribution in [0.4, 0.5) is 13.2 Å². The maximum atomic E-state index is 14.1. The highest BCUT2D eigenvalue weighted by Crippen LogP contribution is 2.47. The van der Waals surface area contributed by atoms with Crippen molar-refractivity contribution >= 4 is 9.84 Å². The average molecular weight is 400 g/mol. The van der Waals surface area contributed by atoms with Crippen molar-refractivity contribution in [2.24, 2.45) is 0 Å². The number of aliphatic hydroxyl groups excluding tert-OH is 1. The third-order valence-electron chi connectivity index (χ3n) is 5.49. The summed E-state index contributed by atoms with van der Waals surface area (Å²) in [6, 6.07) is 1.72. The summed E-state index contributed by atoms with van der Waals surface area (Å²) < 4.78 is 67.4. The molecule has 9 heteroatoms. The molecule has 0 saturated carbocycles. The first kappa shape index (κ1) is 18.5. The second kappa shape index (κ2) is 6.34. The Morgan fingerprint density at radius 1 is 1.33 bits per heavy atom. The van der Waals surface area contributed by atoms with E-state index in [1.54, 1.807) is 10.8 Å². The number of hydrogen-bond acceptors (Lipinski definition) is 4. The van der Waals surface area contributed by atoms with Crippen molar-refractivity contribution in [2.45, 2.75) is 55.1 Å². The van der Waals surface area contributed by atoms with Crippen LogP contribution < -0.4 is 0 Å². The van der Waals surface area contributed by atoms with Crippen molar-refractivity contribution in [2.75, 3.05) is 6.01 Å². The Labute approximate surface area is 154 Å². The van der Waals surface area contributed by atoms with Crippen molar-refractivity contribution in [3.05, 3.63) is 47.0 Å². The van der Waals surface area contributed by atoms with Crippen molar-refractivity contribution in [1.82, 2.24) is 9.55 Å². The molecule has 2 aromatic heterocycles. The largest absolute Gasteiger partial charge is 0.382 e. The van der Waals surface area contributed by atoms with E-state index in [2.05, 4.69) is 4.98 Å². The van der Waals surface area contributed by atoms with Crippen molar-refractivity contribution in [3.8, 4) is 0 Å². The van der Waals surface area contributed by atoms with Crippen LogP contribution in [-0.4, -0.2) is 35.0 Å². The van der Waals surface area contributed by atoms with E-state index >= 15 is 0 Å². The molecule has 4 rings (SSSR count). The van der Waals surface area contributed by atoms with Gasteiger partial charge in [0.15, 0.2) is 6.01 Å². The molecule has 2 aliphatic rings. The van der Waals surface area contributed by atoms with Crippen LogP contribution in [0.15, 0.2) is 29.4 Å².